The number of ether oxygens (including phenoxy) is 1. The van der Waals surface area contributed by atoms with E-state index in [9.17, 15) is 19.5 Å². The highest BCUT2D eigenvalue weighted by atomic mass is 35.5. The van der Waals surface area contributed by atoms with Crippen molar-refractivity contribution in [2.75, 3.05) is 17.7 Å². The van der Waals surface area contributed by atoms with Gasteiger partial charge in [0.05, 0.1) is 18.0 Å². The Hall–Kier alpha value is -3.50. The average molecular weight is 503 g/mol. The first-order valence-corrected chi connectivity index (χ1v) is 11.6. The molecular weight excluding hydrogens is 480 g/mol. The summed E-state index contributed by atoms with van der Waals surface area (Å²) in [5, 5.41) is 13.9. The van der Waals surface area contributed by atoms with E-state index in [4.69, 9.17) is 16.3 Å². The van der Waals surface area contributed by atoms with Gasteiger partial charge in [0.2, 0.25) is 11.8 Å². The average Bonchev–Trinajstić information content (AvgIpc) is 2.82. The number of hydrogen-bond donors (Lipinski definition) is 2. The van der Waals surface area contributed by atoms with Crippen molar-refractivity contribution in [2.24, 2.45) is 19.1 Å². The molecule has 3 rings (SSSR count). The Morgan fingerprint density at radius 3 is 2.35 bits per heavy atom. The molecule has 11 heteroatoms. The SMILES string of the molecule is CCOc1ccc(NC(=O)CSC(=Nc2ccc(Cl)cc2)c2c(O)n(C)c(=O)n(C)c2=O)cc1. The van der Waals surface area contributed by atoms with Crippen molar-refractivity contribution in [3.63, 3.8) is 0 Å². The molecule has 9 nitrogen and oxygen atoms in total. The van der Waals surface area contributed by atoms with E-state index in [0.29, 0.717) is 28.8 Å². The Balaban J connectivity index is 1.90. The number of amides is 1. The van der Waals surface area contributed by atoms with Crippen LogP contribution in [0.25, 0.3) is 0 Å². The summed E-state index contributed by atoms with van der Waals surface area (Å²) >= 11 is 6.89. The molecule has 2 N–H and O–H groups in total. The third kappa shape index (κ3) is 5.89. The number of rotatable bonds is 7. The Morgan fingerprint density at radius 2 is 1.74 bits per heavy atom. The molecule has 0 aliphatic carbocycles. The Bertz CT molecular complexity index is 1330. The molecule has 0 bridgehead atoms. The highest BCUT2D eigenvalue weighted by Gasteiger charge is 2.22. The topological polar surface area (TPSA) is 115 Å². The molecule has 0 saturated carbocycles. The number of halogens is 1. The zero-order valence-electron chi connectivity index (χ0n) is 18.7. The molecule has 1 amide bonds. The lowest BCUT2D eigenvalue weighted by atomic mass is 10.3. The lowest BCUT2D eigenvalue weighted by Crippen LogP contribution is -2.39. The molecule has 3 aromatic rings. The molecule has 178 valence electrons. The molecule has 0 aliphatic heterocycles. The van der Waals surface area contributed by atoms with E-state index >= 15 is 0 Å². The maximum atomic E-state index is 12.8. The molecule has 34 heavy (non-hydrogen) atoms. The van der Waals surface area contributed by atoms with Gasteiger partial charge >= 0.3 is 5.69 Å². The molecule has 2 aromatic carbocycles. The highest BCUT2D eigenvalue weighted by molar-refractivity contribution is 8.15. The normalized spacial score (nSPS) is 11.4. The number of aliphatic imine (C=N–C) groups is 1. The quantitative estimate of drug-likeness (QED) is 0.378. The van der Waals surface area contributed by atoms with Crippen LogP contribution in [0.15, 0.2) is 63.1 Å². The number of nitrogens with zero attached hydrogens (tertiary/aromatic N) is 3. The number of nitrogens with one attached hydrogen (secondary N) is 1. The Kier molecular flexibility index (Phi) is 8.19. The highest BCUT2D eigenvalue weighted by Crippen LogP contribution is 2.24. The molecule has 0 saturated heterocycles. The summed E-state index contributed by atoms with van der Waals surface area (Å²) in [4.78, 5) is 42.0. The maximum Gasteiger partial charge on any atom is 0.333 e. The fourth-order valence-corrected chi connectivity index (χ4v) is 3.90. The zero-order valence-corrected chi connectivity index (χ0v) is 20.3. The summed E-state index contributed by atoms with van der Waals surface area (Å²) in [7, 11) is 2.64. The van der Waals surface area contributed by atoms with Gasteiger partial charge in [-0.2, -0.15) is 0 Å². The first-order valence-electron chi connectivity index (χ1n) is 10.2. The monoisotopic (exact) mass is 502 g/mol. The van der Waals surface area contributed by atoms with Gasteiger partial charge in [0.1, 0.15) is 16.4 Å². The van der Waals surface area contributed by atoms with E-state index < -0.39 is 17.1 Å². The van der Waals surface area contributed by atoms with Crippen molar-refractivity contribution in [3.8, 4) is 11.6 Å². The number of anilines is 1. The van der Waals surface area contributed by atoms with Crippen LogP contribution in [-0.4, -0.2) is 37.6 Å². The van der Waals surface area contributed by atoms with Gasteiger partial charge in [0, 0.05) is 24.8 Å². The number of thioether (sulfide) groups is 1. The maximum absolute atomic E-state index is 12.8. The minimum Gasteiger partial charge on any atom is -0.494 e. The van der Waals surface area contributed by atoms with Crippen LogP contribution < -0.4 is 21.3 Å². The lowest BCUT2D eigenvalue weighted by Gasteiger charge is -2.13. The van der Waals surface area contributed by atoms with Gasteiger partial charge in [-0.15, -0.1) is 0 Å². The van der Waals surface area contributed by atoms with Gasteiger partial charge in [0.15, 0.2) is 0 Å². The van der Waals surface area contributed by atoms with Gasteiger partial charge in [-0.05, 0) is 55.5 Å². The third-order valence-electron chi connectivity index (χ3n) is 4.69. The Labute approximate surface area is 204 Å². The molecule has 1 heterocycles. The summed E-state index contributed by atoms with van der Waals surface area (Å²) < 4.78 is 7.19. The van der Waals surface area contributed by atoms with Crippen LogP contribution >= 0.6 is 23.4 Å². The first kappa shape index (κ1) is 25.1. The number of hydrogen-bond acceptors (Lipinski definition) is 7. The lowest BCUT2D eigenvalue weighted by molar-refractivity contribution is -0.113. The van der Waals surface area contributed by atoms with Crippen LogP contribution in [0.2, 0.25) is 5.02 Å². The predicted molar refractivity (Wildman–Crippen MR) is 135 cm³/mol. The van der Waals surface area contributed by atoms with Crippen molar-refractivity contribution in [3.05, 3.63) is 80.0 Å². The van der Waals surface area contributed by atoms with Crippen molar-refractivity contribution in [1.82, 2.24) is 9.13 Å². The van der Waals surface area contributed by atoms with Crippen molar-refractivity contribution in [2.45, 2.75) is 6.92 Å². The van der Waals surface area contributed by atoms with E-state index in [0.717, 1.165) is 20.9 Å². The van der Waals surface area contributed by atoms with Crippen LogP contribution in [0.3, 0.4) is 0 Å². The summed E-state index contributed by atoms with van der Waals surface area (Å²) in [6.45, 7) is 2.42. The molecule has 0 radical (unpaired) electrons. The standard InChI is InChI=1S/C23H23ClN4O5S/c1-4-33-17-11-9-15(10-12-17)25-18(29)13-34-20(26-16-7-5-14(24)6-8-16)19-21(30)27(2)23(32)28(3)22(19)31/h5-12,30H,4,13H2,1-3H3,(H,25,29). The van der Waals surface area contributed by atoms with Gasteiger partial charge in [-0.1, -0.05) is 23.4 Å². The van der Waals surface area contributed by atoms with E-state index in [1.54, 1.807) is 48.5 Å². The first-order chi connectivity index (χ1) is 16.2. The van der Waals surface area contributed by atoms with Gasteiger partial charge in [-0.3, -0.25) is 18.7 Å². The van der Waals surface area contributed by atoms with E-state index in [1.807, 2.05) is 6.92 Å². The molecule has 0 aliphatic rings. The molecule has 0 atom stereocenters. The van der Waals surface area contributed by atoms with E-state index in [-0.39, 0.29) is 22.3 Å². The minimum atomic E-state index is -0.729. The second-order valence-electron chi connectivity index (χ2n) is 7.09. The molecular formula is C23H23ClN4O5S. The number of carbonyl (C=O) groups is 1. The minimum absolute atomic E-state index is 0.0814. The van der Waals surface area contributed by atoms with E-state index in [1.165, 1.54) is 14.1 Å². The molecule has 1 aromatic heterocycles. The van der Waals surface area contributed by atoms with Gasteiger partial charge in [-0.25, -0.2) is 9.79 Å². The summed E-state index contributed by atoms with van der Waals surface area (Å²) in [5.74, 6) is -0.307. The summed E-state index contributed by atoms with van der Waals surface area (Å²) in [5.41, 5.74) is -0.568. The number of aromatic nitrogens is 2. The van der Waals surface area contributed by atoms with E-state index in [2.05, 4.69) is 10.3 Å². The van der Waals surface area contributed by atoms with Crippen molar-refractivity contribution < 1.29 is 14.6 Å². The fraction of sp³-hybridized carbons (Fsp3) is 0.217. The largest absolute Gasteiger partial charge is 0.494 e. The second-order valence-corrected chi connectivity index (χ2v) is 8.49. The van der Waals surface area contributed by atoms with Crippen LogP contribution in [0.4, 0.5) is 11.4 Å². The van der Waals surface area contributed by atoms with Crippen LogP contribution in [0, 0.1) is 0 Å². The third-order valence-corrected chi connectivity index (χ3v) is 5.92. The molecule has 0 spiro atoms. The van der Waals surface area contributed by atoms with Crippen LogP contribution in [0.1, 0.15) is 12.5 Å². The molecule has 0 unspecified atom stereocenters. The van der Waals surface area contributed by atoms with Crippen LogP contribution in [-0.2, 0) is 18.9 Å². The van der Waals surface area contributed by atoms with Crippen molar-refractivity contribution in [1.29, 1.82) is 0 Å². The second kappa shape index (κ2) is 11.1. The van der Waals surface area contributed by atoms with Crippen LogP contribution in [0.5, 0.6) is 11.6 Å². The summed E-state index contributed by atoms with van der Waals surface area (Å²) in [6, 6.07) is 13.4. The predicted octanol–water partition coefficient (Wildman–Crippen LogP) is 3.29. The summed E-state index contributed by atoms with van der Waals surface area (Å²) in [6.07, 6.45) is 0. The fourth-order valence-electron chi connectivity index (χ4n) is 2.95. The number of carbonyl (C=O) groups excluding carboxylic acids is 1. The Morgan fingerprint density at radius 1 is 1.09 bits per heavy atom. The zero-order chi connectivity index (χ0) is 24.8. The smallest absolute Gasteiger partial charge is 0.333 e. The van der Waals surface area contributed by atoms with Gasteiger partial charge < -0.3 is 15.2 Å². The number of aromatic hydroxyl groups is 1. The number of benzene rings is 2. The molecule has 0 fully saturated rings. The van der Waals surface area contributed by atoms with Gasteiger partial charge in [0.25, 0.3) is 5.56 Å². The van der Waals surface area contributed by atoms with Crippen molar-refractivity contribution >= 4 is 45.7 Å².